The van der Waals surface area contributed by atoms with Crippen molar-refractivity contribution in [1.29, 1.82) is 0 Å². The molecule has 2 nitrogen and oxygen atoms in total. The minimum absolute atomic E-state index is 0.262. The monoisotopic (exact) mass is 311 g/mol. The summed E-state index contributed by atoms with van der Waals surface area (Å²) in [5.41, 5.74) is 0.996. The quantitative estimate of drug-likeness (QED) is 0.799. The zero-order valence-electron chi connectivity index (χ0n) is 11.5. The molecule has 1 aromatic heterocycles. The molecule has 0 radical (unpaired) electrons. The Hall–Kier alpha value is -0.960. The van der Waals surface area contributed by atoms with Crippen LogP contribution in [-0.2, 0) is 12.8 Å². The molecule has 1 heterocycles. The molecule has 2 aromatic rings. The van der Waals surface area contributed by atoms with Gasteiger partial charge in [-0.3, -0.25) is 0 Å². The maximum Gasteiger partial charge on any atom is 0.105 e. The second kappa shape index (κ2) is 7.72. The molecule has 0 aliphatic carbocycles. The number of hydrogen-bond donors (Lipinski definition) is 1. The third-order valence-corrected chi connectivity index (χ3v) is 3.93. The number of furan rings is 1. The summed E-state index contributed by atoms with van der Waals surface area (Å²) < 4.78 is 5.44. The molecule has 0 saturated heterocycles. The van der Waals surface area contributed by atoms with Gasteiger partial charge >= 0.3 is 0 Å². The van der Waals surface area contributed by atoms with Gasteiger partial charge in [-0.2, -0.15) is 0 Å². The Balaban J connectivity index is 2.10. The maximum atomic E-state index is 6.25. The Bertz CT molecular complexity index is 505. The van der Waals surface area contributed by atoms with Crippen LogP contribution in [0.15, 0.2) is 41.0 Å². The topological polar surface area (TPSA) is 25.2 Å². The molecule has 0 aliphatic rings. The summed E-state index contributed by atoms with van der Waals surface area (Å²) in [6.07, 6.45) is 4.41. The number of benzene rings is 1. The summed E-state index contributed by atoms with van der Waals surface area (Å²) in [6.45, 7) is 3.12. The van der Waals surface area contributed by atoms with Crippen molar-refractivity contribution in [3.8, 4) is 0 Å². The van der Waals surface area contributed by atoms with Crippen LogP contribution in [0.3, 0.4) is 0 Å². The van der Waals surface area contributed by atoms with Crippen molar-refractivity contribution in [2.75, 3.05) is 6.54 Å². The van der Waals surface area contributed by atoms with Crippen molar-refractivity contribution < 1.29 is 4.42 Å². The normalized spacial score (nSPS) is 12.6. The summed E-state index contributed by atoms with van der Waals surface area (Å²) in [5.74, 6) is 0.974. The molecule has 0 saturated carbocycles. The third kappa shape index (κ3) is 4.27. The van der Waals surface area contributed by atoms with Crippen molar-refractivity contribution in [3.63, 3.8) is 0 Å². The average Bonchev–Trinajstić information content (AvgIpc) is 2.93. The molecular weight excluding hydrogens is 293 g/mol. The highest BCUT2D eigenvalue weighted by Crippen LogP contribution is 2.26. The van der Waals surface area contributed by atoms with Crippen molar-refractivity contribution in [1.82, 2.24) is 5.32 Å². The van der Waals surface area contributed by atoms with Gasteiger partial charge in [0.05, 0.1) is 6.26 Å². The van der Waals surface area contributed by atoms with Gasteiger partial charge in [0.1, 0.15) is 5.76 Å². The molecule has 1 unspecified atom stereocenters. The molecule has 108 valence electrons. The highest BCUT2D eigenvalue weighted by molar-refractivity contribution is 6.36. The zero-order chi connectivity index (χ0) is 14.4. The third-order valence-electron chi connectivity index (χ3n) is 3.22. The van der Waals surface area contributed by atoms with Gasteiger partial charge < -0.3 is 9.73 Å². The van der Waals surface area contributed by atoms with E-state index in [9.17, 15) is 0 Å². The molecule has 0 bridgehead atoms. The van der Waals surface area contributed by atoms with E-state index in [0.717, 1.165) is 47.2 Å². The standard InChI is InChI=1S/C16H19Cl2NO/c1-2-8-19-12(10-13-5-4-9-20-13)11-14-15(17)6-3-7-16(14)18/h3-7,9,12,19H,2,8,10-11H2,1H3. The van der Waals surface area contributed by atoms with Crippen LogP contribution in [-0.4, -0.2) is 12.6 Å². The van der Waals surface area contributed by atoms with Gasteiger partial charge in [0.25, 0.3) is 0 Å². The summed E-state index contributed by atoms with van der Waals surface area (Å²) in [4.78, 5) is 0. The fraction of sp³-hybridized carbons (Fsp3) is 0.375. The van der Waals surface area contributed by atoms with Crippen LogP contribution in [0.4, 0.5) is 0 Å². The van der Waals surface area contributed by atoms with E-state index in [1.807, 2.05) is 30.3 Å². The van der Waals surface area contributed by atoms with Gasteiger partial charge in [-0.25, -0.2) is 0 Å². The van der Waals surface area contributed by atoms with Crippen LogP contribution in [0, 0.1) is 0 Å². The average molecular weight is 312 g/mol. The van der Waals surface area contributed by atoms with Crippen LogP contribution in [0.25, 0.3) is 0 Å². The number of rotatable bonds is 7. The van der Waals surface area contributed by atoms with Crippen molar-refractivity contribution in [2.45, 2.75) is 32.2 Å². The second-order valence-electron chi connectivity index (χ2n) is 4.84. The predicted molar refractivity (Wildman–Crippen MR) is 84.7 cm³/mol. The van der Waals surface area contributed by atoms with Gasteiger partial charge in [0.2, 0.25) is 0 Å². The van der Waals surface area contributed by atoms with Gasteiger partial charge in [-0.05, 0) is 49.2 Å². The number of hydrogen-bond acceptors (Lipinski definition) is 2. The lowest BCUT2D eigenvalue weighted by Crippen LogP contribution is -2.33. The predicted octanol–water partition coefficient (Wildman–Crippen LogP) is 4.74. The van der Waals surface area contributed by atoms with E-state index in [-0.39, 0.29) is 6.04 Å². The summed E-state index contributed by atoms with van der Waals surface area (Å²) in [6, 6.07) is 9.80. The fourth-order valence-electron chi connectivity index (χ4n) is 2.21. The van der Waals surface area contributed by atoms with Gasteiger partial charge in [-0.15, -0.1) is 0 Å². The van der Waals surface area contributed by atoms with Crippen LogP contribution in [0.5, 0.6) is 0 Å². The van der Waals surface area contributed by atoms with Crippen LogP contribution in [0.1, 0.15) is 24.7 Å². The number of nitrogens with one attached hydrogen (secondary N) is 1. The molecule has 2 rings (SSSR count). The van der Waals surface area contributed by atoms with E-state index < -0.39 is 0 Å². The van der Waals surface area contributed by atoms with Crippen LogP contribution >= 0.6 is 23.2 Å². The molecule has 1 N–H and O–H groups in total. The number of halogens is 2. The second-order valence-corrected chi connectivity index (χ2v) is 5.65. The molecule has 0 spiro atoms. The zero-order valence-corrected chi connectivity index (χ0v) is 13.0. The lowest BCUT2D eigenvalue weighted by molar-refractivity contribution is 0.438. The Morgan fingerprint density at radius 1 is 1.10 bits per heavy atom. The van der Waals surface area contributed by atoms with Gasteiger partial charge in [0.15, 0.2) is 0 Å². The van der Waals surface area contributed by atoms with Crippen LogP contribution < -0.4 is 5.32 Å². The van der Waals surface area contributed by atoms with Crippen molar-refractivity contribution in [3.05, 3.63) is 58.0 Å². The highest BCUT2D eigenvalue weighted by atomic mass is 35.5. The Labute approximate surface area is 130 Å². The molecule has 0 fully saturated rings. The largest absolute Gasteiger partial charge is 0.469 e. The van der Waals surface area contributed by atoms with E-state index in [4.69, 9.17) is 27.6 Å². The molecule has 4 heteroatoms. The molecule has 1 aromatic carbocycles. The molecule has 1 atom stereocenters. The first-order valence-corrected chi connectivity index (χ1v) is 7.65. The van der Waals surface area contributed by atoms with E-state index >= 15 is 0 Å². The maximum absolute atomic E-state index is 6.25. The van der Waals surface area contributed by atoms with E-state index in [0.29, 0.717) is 0 Å². The van der Waals surface area contributed by atoms with E-state index in [2.05, 4.69) is 12.2 Å². The minimum Gasteiger partial charge on any atom is -0.469 e. The smallest absolute Gasteiger partial charge is 0.105 e. The molecular formula is C16H19Cl2NO. The van der Waals surface area contributed by atoms with Crippen molar-refractivity contribution in [2.24, 2.45) is 0 Å². The summed E-state index contributed by atoms with van der Waals surface area (Å²) in [5, 5.41) is 4.98. The Kier molecular flexibility index (Phi) is 5.96. The van der Waals surface area contributed by atoms with Gasteiger partial charge in [-0.1, -0.05) is 36.2 Å². The highest BCUT2D eigenvalue weighted by Gasteiger charge is 2.15. The lowest BCUT2D eigenvalue weighted by atomic mass is 10.0. The first-order valence-electron chi connectivity index (χ1n) is 6.89. The Morgan fingerprint density at radius 3 is 2.45 bits per heavy atom. The van der Waals surface area contributed by atoms with E-state index in [1.165, 1.54) is 0 Å². The SMILES string of the molecule is CCCNC(Cc1ccco1)Cc1c(Cl)cccc1Cl. The first-order chi connectivity index (χ1) is 9.70. The molecule has 0 amide bonds. The molecule has 0 aliphatic heterocycles. The summed E-state index contributed by atoms with van der Waals surface area (Å²) >= 11 is 12.5. The van der Waals surface area contributed by atoms with Crippen LogP contribution in [0.2, 0.25) is 10.0 Å². The molecule has 20 heavy (non-hydrogen) atoms. The summed E-state index contributed by atoms with van der Waals surface area (Å²) in [7, 11) is 0. The Morgan fingerprint density at radius 2 is 1.85 bits per heavy atom. The lowest BCUT2D eigenvalue weighted by Gasteiger charge is -2.19. The van der Waals surface area contributed by atoms with Gasteiger partial charge in [0, 0.05) is 22.5 Å². The van der Waals surface area contributed by atoms with Crippen molar-refractivity contribution >= 4 is 23.2 Å². The van der Waals surface area contributed by atoms with E-state index in [1.54, 1.807) is 6.26 Å². The fourth-order valence-corrected chi connectivity index (χ4v) is 2.76. The first kappa shape index (κ1) is 15.4. The minimum atomic E-state index is 0.262.